The highest BCUT2D eigenvalue weighted by molar-refractivity contribution is 6.00. The predicted octanol–water partition coefficient (Wildman–Crippen LogP) is 4.88. The van der Waals surface area contributed by atoms with Crippen LogP contribution < -0.4 is 0 Å². The third-order valence-corrected chi connectivity index (χ3v) is 4.25. The van der Waals surface area contributed by atoms with Gasteiger partial charge in [0, 0.05) is 0 Å². The van der Waals surface area contributed by atoms with Crippen LogP contribution in [-0.2, 0) is 25.5 Å². The standard InChI is InChI=1S/C23H28O4/c1-17(19-14-10-7-11-15-19)26-20(24)23(5,21(25)27-22(2,3)4)16-18-12-8-6-9-13-18/h6-15,17H,16H2,1-5H3/t17-,23+/m1/s1. The van der Waals surface area contributed by atoms with Gasteiger partial charge < -0.3 is 9.47 Å². The van der Waals surface area contributed by atoms with Gasteiger partial charge >= 0.3 is 11.9 Å². The maximum Gasteiger partial charge on any atom is 0.324 e. The summed E-state index contributed by atoms with van der Waals surface area (Å²) >= 11 is 0. The largest absolute Gasteiger partial charge is 0.459 e. The quantitative estimate of drug-likeness (QED) is 0.538. The fraction of sp³-hybridized carbons (Fsp3) is 0.391. The molecule has 0 heterocycles. The van der Waals surface area contributed by atoms with Gasteiger partial charge in [0.2, 0.25) is 0 Å². The zero-order valence-electron chi connectivity index (χ0n) is 16.7. The lowest BCUT2D eigenvalue weighted by molar-refractivity contribution is -0.180. The molecule has 2 aromatic rings. The maximum absolute atomic E-state index is 13.1. The van der Waals surface area contributed by atoms with E-state index in [0.29, 0.717) is 0 Å². The molecule has 0 aliphatic carbocycles. The molecule has 27 heavy (non-hydrogen) atoms. The van der Waals surface area contributed by atoms with Gasteiger partial charge in [-0.05, 0) is 52.2 Å². The van der Waals surface area contributed by atoms with Crippen molar-refractivity contribution >= 4 is 11.9 Å². The monoisotopic (exact) mass is 368 g/mol. The Hall–Kier alpha value is -2.62. The van der Waals surface area contributed by atoms with Crippen LogP contribution in [-0.4, -0.2) is 17.5 Å². The number of benzene rings is 2. The van der Waals surface area contributed by atoms with Gasteiger partial charge in [0.1, 0.15) is 11.7 Å². The number of ether oxygens (including phenoxy) is 2. The van der Waals surface area contributed by atoms with Gasteiger partial charge in [0.25, 0.3) is 0 Å². The molecule has 0 saturated heterocycles. The summed E-state index contributed by atoms with van der Waals surface area (Å²) in [6, 6.07) is 18.9. The third-order valence-electron chi connectivity index (χ3n) is 4.25. The Kier molecular flexibility index (Phi) is 6.42. The Labute approximate surface area is 161 Å². The van der Waals surface area contributed by atoms with Crippen LogP contribution in [0.5, 0.6) is 0 Å². The molecule has 0 fully saturated rings. The van der Waals surface area contributed by atoms with Gasteiger partial charge in [-0.25, -0.2) is 0 Å². The molecule has 0 N–H and O–H groups in total. The molecule has 2 atom stereocenters. The van der Waals surface area contributed by atoms with Crippen molar-refractivity contribution in [1.82, 2.24) is 0 Å². The van der Waals surface area contributed by atoms with E-state index in [4.69, 9.17) is 9.47 Å². The number of carbonyl (C=O) groups excluding carboxylic acids is 2. The Balaban J connectivity index is 2.27. The van der Waals surface area contributed by atoms with E-state index in [2.05, 4.69) is 0 Å². The lowest BCUT2D eigenvalue weighted by Crippen LogP contribution is -2.44. The second-order valence-corrected chi connectivity index (χ2v) is 7.95. The summed E-state index contributed by atoms with van der Waals surface area (Å²) in [6.07, 6.45) is -0.250. The summed E-state index contributed by atoms with van der Waals surface area (Å²) in [4.78, 5) is 26.0. The summed E-state index contributed by atoms with van der Waals surface area (Å²) in [6.45, 7) is 8.74. The number of rotatable bonds is 6. The van der Waals surface area contributed by atoms with E-state index in [1.54, 1.807) is 34.6 Å². The smallest absolute Gasteiger partial charge is 0.324 e. The van der Waals surface area contributed by atoms with Crippen LogP contribution in [0.3, 0.4) is 0 Å². The molecule has 4 nitrogen and oxygen atoms in total. The molecule has 0 bridgehead atoms. The Bertz CT molecular complexity index is 762. The average Bonchev–Trinajstić information content (AvgIpc) is 2.61. The minimum absolute atomic E-state index is 0.211. The molecule has 2 rings (SSSR count). The van der Waals surface area contributed by atoms with Crippen LogP contribution in [0.1, 0.15) is 51.8 Å². The molecule has 0 aliphatic rings. The summed E-state index contributed by atoms with van der Waals surface area (Å²) in [5.41, 5.74) is -0.384. The van der Waals surface area contributed by atoms with E-state index in [1.807, 2.05) is 60.7 Å². The highest BCUT2D eigenvalue weighted by atomic mass is 16.6. The topological polar surface area (TPSA) is 52.6 Å². The Morgan fingerprint density at radius 1 is 0.852 bits per heavy atom. The maximum atomic E-state index is 13.1. The van der Waals surface area contributed by atoms with Crippen molar-refractivity contribution in [2.45, 2.75) is 52.7 Å². The van der Waals surface area contributed by atoms with Gasteiger partial charge in [-0.2, -0.15) is 0 Å². The first-order valence-corrected chi connectivity index (χ1v) is 9.15. The molecular weight excluding hydrogens is 340 g/mol. The number of carbonyl (C=O) groups is 2. The molecule has 4 heteroatoms. The molecule has 0 unspecified atom stereocenters. The highest BCUT2D eigenvalue weighted by Crippen LogP contribution is 2.31. The first-order chi connectivity index (χ1) is 12.6. The summed E-state index contributed by atoms with van der Waals surface area (Å²) in [7, 11) is 0. The van der Waals surface area contributed by atoms with Gasteiger partial charge in [0.15, 0.2) is 5.41 Å². The first kappa shape index (κ1) is 20.7. The number of esters is 2. The summed E-state index contributed by atoms with van der Waals surface area (Å²) < 4.78 is 11.2. The fourth-order valence-corrected chi connectivity index (χ4v) is 2.71. The zero-order chi connectivity index (χ0) is 20.1. The first-order valence-electron chi connectivity index (χ1n) is 9.15. The van der Waals surface area contributed by atoms with E-state index in [0.717, 1.165) is 11.1 Å². The minimum atomic E-state index is -1.43. The lowest BCUT2D eigenvalue weighted by Gasteiger charge is -2.31. The summed E-state index contributed by atoms with van der Waals surface area (Å²) in [5.74, 6) is -1.17. The minimum Gasteiger partial charge on any atom is -0.459 e. The number of hydrogen-bond acceptors (Lipinski definition) is 4. The Morgan fingerprint density at radius 2 is 1.37 bits per heavy atom. The molecule has 0 spiro atoms. The SMILES string of the molecule is C[C@@H](OC(=O)[C@](C)(Cc1ccccc1)C(=O)OC(C)(C)C)c1ccccc1. The van der Waals surface area contributed by atoms with Gasteiger partial charge in [-0.15, -0.1) is 0 Å². The molecule has 144 valence electrons. The molecule has 0 saturated carbocycles. The fourth-order valence-electron chi connectivity index (χ4n) is 2.71. The van der Waals surface area contributed by atoms with Crippen molar-refractivity contribution in [1.29, 1.82) is 0 Å². The number of hydrogen-bond donors (Lipinski definition) is 0. The van der Waals surface area contributed by atoms with Crippen molar-refractivity contribution < 1.29 is 19.1 Å². The molecular formula is C23H28O4. The summed E-state index contributed by atoms with van der Waals surface area (Å²) in [5, 5.41) is 0. The van der Waals surface area contributed by atoms with E-state index in [9.17, 15) is 9.59 Å². The second-order valence-electron chi connectivity index (χ2n) is 7.95. The van der Waals surface area contributed by atoms with Crippen LogP contribution in [0.4, 0.5) is 0 Å². The molecule has 0 radical (unpaired) electrons. The van der Waals surface area contributed by atoms with Gasteiger partial charge in [-0.3, -0.25) is 9.59 Å². The van der Waals surface area contributed by atoms with E-state index in [-0.39, 0.29) is 6.42 Å². The van der Waals surface area contributed by atoms with Crippen molar-refractivity contribution in [3.8, 4) is 0 Å². The molecule has 0 aliphatic heterocycles. The van der Waals surface area contributed by atoms with E-state index < -0.39 is 29.1 Å². The van der Waals surface area contributed by atoms with E-state index in [1.165, 1.54) is 0 Å². The average molecular weight is 368 g/mol. The molecule has 0 amide bonds. The van der Waals surface area contributed by atoms with Gasteiger partial charge in [-0.1, -0.05) is 60.7 Å². The third kappa shape index (κ3) is 5.68. The predicted molar refractivity (Wildman–Crippen MR) is 105 cm³/mol. The van der Waals surface area contributed by atoms with Crippen LogP contribution in [0.25, 0.3) is 0 Å². The Morgan fingerprint density at radius 3 is 1.89 bits per heavy atom. The van der Waals surface area contributed by atoms with Crippen LogP contribution in [0.15, 0.2) is 60.7 Å². The van der Waals surface area contributed by atoms with E-state index >= 15 is 0 Å². The van der Waals surface area contributed by atoms with Crippen molar-refractivity contribution in [3.05, 3.63) is 71.8 Å². The zero-order valence-corrected chi connectivity index (χ0v) is 16.7. The highest BCUT2D eigenvalue weighted by Gasteiger charge is 2.46. The second kappa shape index (κ2) is 8.38. The molecule has 2 aromatic carbocycles. The van der Waals surface area contributed by atoms with Crippen LogP contribution in [0.2, 0.25) is 0 Å². The van der Waals surface area contributed by atoms with Crippen molar-refractivity contribution in [3.63, 3.8) is 0 Å². The van der Waals surface area contributed by atoms with Gasteiger partial charge in [0.05, 0.1) is 0 Å². The van der Waals surface area contributed by atoms with Crippen LogP contribution >= 0.6 is 0 Å². The van der Waals surface area contributed by atoms with Crippen molar-refractivity contribution in [2.75, 3.05) is 0 Å². The van der Waals surface area contributed by atoms with Crippen LogP contribution in [0, 0.1) is 5.41 Å². The van der Waals surface area contributed by atoms with Crippen molar-refractivity contribution in [2.24, 2.45) is 5.41 Å². The normalized spacial score (nSPS) is 14.7. The molecule has 0 aromatic heterocycles. The lowest BCUT2D eigenvalue weighted by atomic mass is 9.83.